The van der Waals surface area contributed by atoms with Crippen molar-refractivity contribution in [1.82, 2.24) is 0 Å². The van der Waals surface area contributed by atoms with Crippen LogP contribution in [0.3, 0.4) is 0 Å². The van der Waals surface area contributed by atoms with Crippen LogP contribution in [0.5, 0.6) is 0 Å². The van der Waals surface area contributed by atoms with Crippen molar-refractivity contribution in [3.05, 3.63) is 0 Å². The zero-order valence-corrected chi connectivity index (χ0v) is 4.36. The van der Waals surface area contributed by atoms with E-state index in [1.165, 1.54) is 0 Å². The van der Waals surface area contributed by atoms with Crippen molar-refractivity contribution in [2.24, 2.45) is 0 Å². The summed E-state index contributed by atoms with van der Waals surface area (Å²) in [5, 5.41) is 0. The third-order valence-electron chi connectivity index (χ3n) is 0. The van der Waals surface area contributed by atoms with Gasteiger partial charge in [0.2, 0.25) is 0 Å². The molecule has 0 saturated heterocycles. The second-order valence-corrected chi connectivity index (χ2v) is 0. The Labute approximate surface area is 38.7 Å². The summed E-state index contributed by atoms with van der Waals surface area (Å²) in [7, 11) is 0. The van der Waals surface area contributed by atoms with E-state index in [1.54, 1.807) is 0 Å². The third-order valence-corrected chi connectivity index (χ3v) is 0. The van der Waals surface area contributed by atoms with E-state index in [9.17, 15) is 0 Å². The van der Waals surface area contributed by atoms with E-state index in [2.05, 4.69) is 0 Å². The fourth-order valence-electron chi connectivity index (χ4n) is 0. The maximum Gasteiger partial charge on any atom is 0 e. The SMILES string of the molecule is O.O.P.[Cu]. The van der Waals surface area contributed by atoms with E-state index < -0.39 is 0 Å². The normalized spacial score (nSPS) is 0. The fourth-order valence-corrected chi connectivity index (χ4v) is 0. The first-order chi connectivity index (χ1) is 0. The Bertz CT molecular complexity index is 6.00. The van der Waals surface area contributed by atoms with Gasteiger partial charge in [-0.1, -0.05) is 0 Å². The molecule has 4 heteroatoms. The monoisotopic (exact) mass is 133 g/mol. The van der Waals surface area contributed by atoms with Crippen LogP contribution in [0.1, 0.15) is 0 Å². The van der Waals surface area contributed by atoms with Crippen LogP contribution < -0.4 is 0 Å². The Balaban J connectivity index is 0. The summed E-state index contributed by atoms with van der Waals surface area (Å²) in [5.41, 5.74) is 0. The van der Waals surface area contributed by atoms with Crippen LogP contribution in [0.2, 0.25) is 0 Å². The number of rotatable bonds is 0. The molecule has 0 spiro atoms. The molecule has 0 bridgehead atoms. The molecule has 4 N–H and O–H groups in total. The summed E-state index contributed by atoms with van der Waals surface area (Å²) in [4.78, 5) is 0. The molecule has 4 heavy (non-hydrogen) atoms. The smallest absolute Gasteiger partial charge is 0 e. The van der Waals surface area contributed by atoms with Gasteiger partial charge in [-0.3, -0.25) is 0 Å². The molecule has 0 aliphatic rings. The number of hydrogen-bond donors (Lipinski definition) is 0. The van der Waals surface area contributed by atoms with Crippen LogP contribution in [0.25, 0.3) is 0 Å². The molecule has 0 aromatic rings. The van der Waals surface area contributed by atoms with Gasteiger partial charge < -0.3 is 11.0 Å². The molecule has 0 aromatic heterocycles. The predicted molar refractivity (Wildman–Crippen MR) is 18.3 cm³/mol. The summed E-state index contributed by atoms with van der Waals surface area (Å²) in [5.74, 6) is 0. The van der Waals surface area contributed by atoms with Gasteiger partial charge in [-0.05, 0) is 0 Å². The van der Waals surface area contributed by atoms with Crippen molar-refractivity contribution in [1.29, 1.82) is 0 Å². The average molecular weight is 134 g/mol. The molecule has 0 aliphatic carbocycles. The van der Waals surface area contributed by atoms with Gasteiger partial charge in [-0.15, -0.1) is 0 Å². The summed E-state index contributed by atoms with van der Waals surface area (Å²) < 4.78 is 0. The van der Waals surface area contributed by atoms with Gasteiger partial charge in [0.15, 0.2) is 0 Å². The van der Waals surface area contributed by atoms with Crippen molar-refractivity contribution in [2.75, 3.05) is 0 Å². The molecular weight excluding hydrogens is 127 g/mol. The van der Waals surface area contributed by atoms with Crippen molar-refractivity contribution in [3.8, 4) is 0 Å². The first kappa shape index (κ1) is 96.4. The Morgan fingerprint density at radius 3 is 0.750 bits per heavy atom. The Kier molecular flexibility index (Phi) is 1020. The third kappa shape index (κ3) is 13.3. The van der Waals surface area contributed by atoms with Gasteiger partial charge in [-0.2, -0.15) is 9.90 Å². The summed E-state index contributed by atoms with van der Waals surface area (Å²) in [6.07, 6.45) is 0. The van der Waals surface area contributed by atoms with Crippen LogP contribution in [-0.4, -0.2) is 11.0 Å². The van der Waals surface area contributed by atoms with Crippen LogP contribution in [-0.2, 0) is 17.1 Å². The molecule has 1 atom stereocenters. The van der Waals surface area contributed by atoms with Crippen LogP contribution in [0, 0.1) is 0 Å². The maximum atomic E-state index is 0. The van der Waals surface area contributed by atoms with Crippen molar-refractivity contribution < 1.29 is 28.0 Å². The molecule has 0 amide bonds. The van der Waals surface area contributed by atoms with E-state index in [-0.39, 0.29) is 37.9 Å². The second-order valence-electron chi connectivity index (χ2n) is 0. The summed E-state index contributed by atoms with van der Waals surface area (Å²) in [6.45, 7) is 0. The molecule has 0 aromatic carbocycles. The minimum atomic E-state index is 0. The van der Waals surface area contributed by atoms with Crippen LogP contribution >= 0.6 is 9.90 Å². The van der Waals surface area contributed by atoms with Gasteiger partial charge in [-0.25, -0.2) is 0 Å². The first-order valence-electron chi connectivity index (χ1n) is 0. The first-order valence-corrected chi connectivity index (χ1v) is 0. The molecule has 2 nitrogen and oxygen atoms in total. The van der Waals surface area contributed by atoms with Crippen molar-refractivity contribution in [3.63, 3.8) is 0 Å². The Hall–Kier alpha value is 0.869. The maximum absolute atomic E-state index is 0. The van der Waals surface area contributed by atoms with Crippen molar-refractivity contribution in [2.45, 2.75) is 0 Å². The van der Waals surface area contributed by atoms with Crippen molar-refractivity contribution >= 4 is 9.90 Å². The zero-order chi connectivity index (χ0) is 0. The average Bonchev–Trinajstić information content (AvgIpc) is 0. The van der Waals surface area contributed by atoms with E-state index in [4.69, 9.17) is 0 Å². The Morgan fingerprint density at radius 2 is 0.750 bits per heavy atom. The van der Waals surface area contributed by atoms with Gasteiger partial charge in [0, 0.05) is 17.1 Å². The largest absolute Gasteiger partial charge is 0.412 e. The molecular formula is H7CuO2P. The van der Waals surface area contributed by atoms with Crippen LogP contribution in [0.4, 0.5) is 0 Å². The Morgan fingerprint density at radius 1 is 0.750 bits per heavy atom. The zero-order valence-electron chi connectivity index (χ0n) is 2.01. The van der Waals surface area contributed by atoms with Gasteiger partial charge in [0.05, 0.1) is 0 Å². The molecule has 1 radical (unpaired) electrons. The molecule has 1 unspecified atom stereocenters. The van der Waals surface area contributed by atoms with E-state index in [1.807, 2.05) is 0 Å². The fraction of sp³-hybridized carbons (Fsp3) is 0. The quantitative estimate of drug-likeness (QED) is 0.283. The van der Waals surface area contributed by atoms with Crippen LogP contribution in [0.15, 0.2) is 0 Å². The van der Waals surface area contributed by atoms with Gasteiger partial charge in [0.25, 0.3) is 0 Å². The summed E-state index contributed by atoms with van der Waals surface area (Å²) in [6, 6.07) is 0. The van der Waals surface area contributed by atoms with Gasteiger partial charge in [0.1, 0.15) is 0 Å². The predicted octanol–water partition coefficient (Wildman–Crippen LogP) is -1.59. The molecule has 0 rings (SSSR count). The molecule has 0 fully saturated rings. The van der Waals surface area contributed by atoms with Gasteiger partial charge >= 0.3 is 0 Å². The number of hydrogen-bond acceptors (Lipinski definition) is 0. The standard InChI is InChI=1S/Cu.2H2O.H3P/h;2*1H2;1H3. The topological polar surface area (TPSA) is 63.0 Å². The molecule has 0 heterocycles. The minimum absolute atomic E-state index is 0. The molecule has 0 saturated carbocycles. The van der Waals surface area contributed by atoms with E-state index >= 15 is 0 Å². The minimum Gasteiger partial charge on any atom is -0.412 e. The second kappa shape index (κ2) is 42.1. The summed E-state index contributed by atoms with van der Waals surface area (Å²) >= 11 is 0. The van der Waals surface area contributed by atoms with E-state index in [0.29, 0.717) is 0 Å². The molecule has 35 valence electrons. The molecule has 0 aliphatic heterocycles. The van der Waals surface area contributed by atoms with E-state index in [0.717, 1.165) is 0 Å².